The zero-order valence-electron chi connectivity index (χ0n) is 16.8. The zero-order chi connectivity index (χ0) is 21.0. The van der Waals surface area contributed by atoms with Crippen LogP contribution < -0.4 is 5.73 Å². The highest BCUT2D eigenvalue weighted by Crippen LogP contribution is 2.32. The molecule has 0 heterocycles. The molecular formula is C28H25NO. The molecule has 30 heavy (non-hydrogen) atoms. The second-order valence-electron chi connectivity index (χ2n) is 6.73. The van der Waals surface area contributed by atoms with Gasteiger partial charge in [-0.25, -0.2) is 0 Å². The SMILES string of the molecule is NC(=O)C1=C/C=C\C=C/C=C\C=C/C=C\c2cccc3c2C(=CC3)/C=C\C=C/C=C\1. The van der Waals surface area contributed by atoms with E-state index in [9.17, 15) is 4.79 Å². The fourth-order valence-electron chi connectivity index (χ4n) is 3.19. The van der Waals surface area contributed by atoms with Crippen LogP contribution in [0.5, 0.6) is 0 Å². The fraction of sp³-hybridized carbons (Fsp3) is 0.0357. The summed E-state index contributed by atoms with van der Waals surface area (Å²) in [6, 6.07) is 6.43. The molecule has 0 aliphatic heterocycles. The number of carbonyl (C=O) groups is 1. The van der Waals surface area contributed by atoms with Crippen LogP contribution in [-0.2, 0) is 11.2 Å². The molecule has 0 saturated heterocycles. The summed E-state index contributed by atoms with van der Waals surface area (Å²) in [4.78, 5) is 11.6. The number of hydrogen-bond acceptors (Lipinski definition) is 1. The standard InChI is InChI=1S/C28H25NO/c29-28(30)26-17-12-7-5-3-1-2-4-6-10-15-23-19-14-20-25-22-21-24(27(23)25)16-11-8-9-13-18-26/h1-21H,22H2,(H2,29,30)/b2-1-,5-3-,6-4-,9-8-,12-7-,15-10-,16-11-,18-13-,26-17+. The maximum atomic E-state index is 11.6. The fourth-order valence-corrected chi connectivity index (χ4v) is 3.19. The van der Waals surface area contributed by atoms with E-state index in [0.717, 1.165) is 6.42 Å². The van der Waals surface area contributed by atoms with Gasteiger partial charge in [-0.15, -0.1) is 0 Å². The number of amides is 1. The van der Waals surface area contributed by atoms with E-state index in [-0.39, 0.29) is 0 Å². The van der Waals surface area contributed by atoms with Crippen LogP contribution in [0.4, 0.5) is 0 Å². The van der Waals surface area contributed by atoms with Gasteiger partial charge < -0.3 is 5.73 Å². The van der Waals surface area contributed by atoms with E-state index in [2.05, 4.69) is 42.5 Å². The van der Waals surface area contributed by atoms with Crippen LogP contribution in [0.2, 0.25) is 0 Å². The molecule has 2 N–H and O–H groups in total. The van der Waals surface area contributed by atoms with E-state index in [1.165, 1.54) is 22.3 Å². The molecule has 2 heteroatoms. The minimum absolute atomic E-state index is 0.445. The molecule has 1 amide bonds. The van der Waals surface area contributed by atoms with Gasteiger partial charge in [0, 0.05) is 5.57 Å². The molecule has 0 bridgehead atoms. The predicted octanol–water partition coefficient (Wildman–Crippen LogP) is 5.96. The summed E-state index contributed by atoms with van der Waals surface area (Å²) >= 11 is 0. The first-order valence-electron chi connectivity index (χ1n) is 9.94. The summed E-state index contributed by atoms with van der Waals surface area (Å²) in [5.41, 5.74) is 11.0. The van der Waals surface area contributed by atoms with Gasteiger partial charge in [-0.05, 0) is 40.8 Å². The van der Waals surface area contributed by atoms with E-state index in [1.54, 1.807) is 18.2 Å². The van der Waals surface area contributed by atoms with Crippen LogP contribution in [0.3, 0.4) is 0 Å². The molecule has 3 rings (SSSR count). The van der Waals surface area contributed by atoms with Crippen LogP contribution in [0.25, 0.3) is 11.6 Å². The number of carbonyl (C=O) groups excluding carboxylic acids is 1. The Labute approximate surface area is 178 Å². The molecular weight excluding hydrogens is 366 g/mol. The minimum atomic E-state index is -0.458. The van der Waals surface area contributed by atoms with Crippen molar-refractivity contribution in [3.8, 4) is 0 Å². The minimum Gasteiger partial charge on any atom is -0.366 e. The highest BCUT2D eigenvalue weighted by Gasteiger charge is 2.14. The third-order valence-corrected chi connectivity index (χ3v) is 4.62. The molecule has 0 spiro atoms. The Bertz CT molecular complexity index is 1080. The van der Waals surface area contributed by atoms with Gasteiger partial charge in [0.05, 0.1) is 0 Å². The summed E-state index contributed by atoms with van der Waals surface area (Å²) in [6.45, 7) is 0. The predicted molar refractivity (Wildman–Crippen MR) is 128 cm³/mol. The molecule has 0 atom stereocenters. The smallest absolute Gasteiger partial charge is 0.248 e. The summed E-state index contributed by atoms with van der Waals surface area (Å²) in [7, 11) is 0. The number of rotatable bonds is 1. The number of nitrogens with two attached hydrogens (primary N) is 1. The topological polar surface area (TPSA) is 43.1 Å². The van der Waals surface area contributed by atoms with Gasteiger partial charge in [0.25, 0.3) is 0 Å². The summed E-state index contributed by atoms with van der Waals surface area (Å²) in [6.07, 6.45) is 36.0. The largest absolute Gasteiger partial charge is 0.366 e. The van der Waals surface area contributed by atoms with Crippen molar-refractivity contribution in [3.63, 3.8) is 0 Å². The van der Waals surface area contributed by atoms with Crippen molar-refractivity contribution in [3.05, 3.63) is 144 Å². The highest BCUT2D eigenvalue weighted by atomic mass is 16.1. The lowest BCUT2D eigenvalue weighted by atomic mass is 9.98. The van der Waals surface area contributed by atoms with Gasteiger partial charge in [0.2, 0.25) is 5.91 Å². The maximum absolute atomic E-state index is 11.6. The van der Waals surface area contributed by atoms with Gasteiger partial charge in [-0.1, -0.05) is 115 Å². The lowest BCUT2D eigenvalue weighted by Crippen LogP contribution is -2.12. The van der Waals surface area contributed by atoms with Gasteiger partial charge >= 0.3 is 0 Å². The van der Waals surface area contributed by atoms with Crippen LogP contribution in [0, 0.1) is 0 Å². The Morgan fingerprint density at radius 3 is 2.00 bits per heavy atom. The van der Waals surface area contributed by atoms with Gasteiger partial charge in [0.15, 0.2) is 0 Å². The number of primary amides is 1. The first kappa shape index (κ1) is 20.8. The quantitative estimate of drug-likeness (QED) is 0.631. The van der Waals surface area contributed by atoms with Crippen LogP contribution >= 0.6 is 0 Å². The Morgan fingerprint density at radius 2 is 1.30 bits per heavy atom. The van der Waals surface area contributed by atoms with Crippen LogP contribution in [-0.4, -0.2) is 5.91 Å². The molecule has 0 unspecified atom stereocenters. The first-order valence-corrected chi connectivity index (χ1v) is 9.94. The molecule has 1 aromatic rings. The second kappa shape index (κ2) is 11.2. The monoisotopic (exact) mass is 391 g/mol. The van der Waals surface area contributed by atoms with Crippen molar-refractivity contribution in [2.24, 2.45) is 5.73 Å². The third-order valence-electron chi connectivity index (χ3n) is 4.62. The van der Waals surface area contributed by atoms with Gasteiger partial charge in [-0.3, -0.25) is 4.79 Å². The van der Waals surface area contributed by atoms with E-state index < -0.39 is 5.91 Å². The molecule has 2 aliphatic rings. The van der Waals surface area contributed by atoms with Crippen molar-refractivity contribution in [2.45, 2.75) is 6.42 Å². The second-order valence-corrected chi connectivity index (χ2v) is 6.73. The number of hydrogen-bond donors (Lipinski definition) is 1. The van der Waals surface area contributed by atoms with E-state index in [4.69, 9.17) is 5.73 Å². The average Bonchev–Trinajstić information content (AvgIpc) is 3.16. The van der Waals surface area contributed by atoms with E-state index >= 15 is 0 Å². The van der Waals surface area contributed by atoms with Crippen molar-refractivity contribution in [1.29, 1.82) is 0 Å². The van der Waals surface area contributed by atoms with Crippen molar-refractivity contribution < 1.29 is 4.79 Å². The lowest BCUT2D eigenvalue weighted by molar-refractivity contribution is -0.114. The molecule has 2 nitrogen and oxygen atoms in total. The molecule has 148 valence electrons. The molecule has 0 fully saturated rings. The normalized spacial score (nSPS) is 26.4. The summed E-state index contributed by atoms with van der Waals surface area (Å²) < 4.78 is 0. The molecule has 0 aromatic heterocycles. The Hall–Kier alpha value is -3.91. The Morgan fingerprint density at radius 1 is 0.700 bits per heavy atom. The Kier molecular flexibility index (Phi) is 7.76. The Balaban J connectivity index is 1.90. The lowest BCUT2D eigenvalue weighted by Gasteiger charge is -2.06. The highest BCUT2D eigenvalue weighted by molar-refractivity contribution is 5.95. The van der Waals surface area contributed by atoms with Crippen LogP contribution in [0.15, 0.2) is 127 Å². The van der Waals surface area contributed by atoms with Crippen molar-refractivity contribution in [2.75, 3.05) is 0 Å². The average molecular weight is 392 g/mol. The third kappa shape index (κ3) is 6.05. The van der Waals surface area contributed by atoms with Gasteiger partial charge in [0.1, 0.15) is 0 Å². The van der Waals surface area contributed by atoms with Crippen molar-refractivity contribution >= 4 is 17.6 Å². The van der Waals surface area contributed by atoms with E-state index in [1.807, 2.05) is 66.8 Å². The number of benzene rings is 1. The van der Waals surface area contributed by atoms with Gasteiger partial charge in [-0.2, -0.15) is 0 Å². The summed E-state index contributed by atoms with van der Waals surface area (Å²) in [5, 5.41) is 0. The van der Waals surface area contributed by atoms with E-state index in [0.29, 0.717) is 5.57 Å². The number of allylic oxidation sites excluding steroid dienone is 17. The zero-order valence-corrected chi connectivity index (χ0v) is 16.8. The summed E-state index contributed by atoms with van der Waals surface area (Å²) in [5.74, 6) is -0.458. The molecule has 2 aliphatic carbocycles. The van der Waals surface area contributed by atoms with Crippen LogP contribution in [0.1, 0.15) is 16.7 Å². The maximum Gasteiger partial charge on any atom is 0.248 e. The molecule has 1 aromatic carbocycles. The first-order chi connectivity index (χ1) is 14.8. The molecule has 0 radical (unpaired) electrons. The molecule has 0 saturated carbocycles. The van der Waals surface area contributed by atoms with Crippen molar-refractivity contribution in [1.82, 2.24) is 0 Å².